The maximum atomic E-state index is 5.40. The topological polar surface area (TPSA) is 39.7 Å². The highest BCUT2D eigenvalue weighted by molar-refractivity contribution is 8.01. The smallest absolute Gasteiger partial charge is 0.130 e. The van der Waals surface area contributed by atoms with Crippen molar-refractivity contribution in [2.45, 2.75) is 112 Å². The Bertz CT molecular complexity index is 1430. The van der Waals surface area contributed by atoms with Crippen LogP contribution in [0, 0.1) is 23.7 Å². The molecule has 9 aliphatic rings. The summed E-state index contributed by atoms with van der Waals surface area (Å²) in [6.07, 6.45) is 44.4. The first-order valence-electron chi connectivity index (χ1n) is 17.8. The van der Waals surface area contributed by atoms with E-state index in [4.69, 9.17) is 4.99 Å². The average Bonchev–Trinajstić information content (AvgIpc) is 3.65. The molecule has 4 nitrogen and oxygen atoms in total. The largest absolute Gasteiger partial charge is 0.360 e. The van der Waals surface area contributed by atoms with Crippen LogP contribution in [0.4, 0.5) is 0 Å². The van der Waals surface area contributed by atoms with E-state index in [1.807, 2.05) is 0 Å². The third kappa shape index (κ3) is 4.80. The molecule has 0 radical (unpaired) electrons. The first kappa shape index (κ1) is 27.8. The molecule has 1 saturated heterocycles. The number of fused-ring (bicyclic) bond motifs is 6. The minimum atomic E-state index is 0.202. The summed E-state index contributed by atoms with van der Waals surface area (Å²) < 4.78 is 0. The monoisotopic (exact) mass is 604 g/mol. The normalized spacial score (nSPS) is 42.2. The average molecular weight is 605 g/mol. The molecule has 8 unspecified atom stereocenters. The summed E-state index contributed by atoms with van der Waals surface area (Å²) in [6, 6.07) is 1.20. The van der Waals surface area contributed by atoms with Gasteiger partial charge in [-0.1, -0.05) is 66.8 Å². The SMILES string of the molecule is C1=CC2SC3C(CC=C4C5=C(C=CCC5)N(C5CCC(C6N=C(C7=CCCC=C7)NC(C7C=CCCC7)N6)CC5)C43)C2C=C1. The van der Waals surface area contributed by atoms with Gasteiger partial charge in [-0.05, 0) is 112 Å². The van der Waals surface area contributed by atoms with E-state index >= 15 is 0 Å². The Hall–Kier alpha value is -2.50. The van der Waals surface area contributed by atoms with Crippen molar-refractivity contribution in [1.29, 1.82) is 0 Å². The van der Waals surface area contributed by atoms with Gasteiger partial charge in [-0.3, -0.25) is 5.32 Å². The van der Waals surface area contributed by atoms with Gasteiger partial charge in [0.05, 0.1) is 12.2 Å². The van der Waals surface area contributed by atoms with Gasteiger partial charge in [0.25, 0.3) is 0 Å². The molecule has 1 saturated carbocycles. The molecule has 230 valence electrons. The molecule has 0 aromatic heterocycles. The third-order valence-corrected chi connectivity index (χ3v) is 13.9. The van der Waals surface area contributed by atoms with E-state index in [2.05, 4.69) is 100 Å². The fourth-order valence-electron chi connectivity index (χ4n) is 9.97. The zero-order chi connectivity index (χ0) is 29.0. The molecule has 2 N–H and O–H groups in total. The van der Waals surface area contributed by atoms with Crippen LogP contribution in [-0.2, 0) is 0 Å². The van der Waals surface area contributed by atoms with Crippen LogP contribution in [0.15, 0.2) is 100 Å². The molecule has 9 rings (SSSR count). The van der Waals surface area contributed by atoms with Crippen molar-refractivity contribution in [2.24, 2.45) is 28.7 Å². The number of amidine groups is 1. The lowest BCUT2D eigenvalue weighted by molar-refractivity contribution is 0.123. The molecule has 0 amide bonds. The second-order valence-electron chi connectivity index (χ2n) is 14.6. The van der Waals surface area contributed by atoms with Gasteiger partial charge >= 0.3 is 0 Å². The molecule has 5 heteroatoms. The second-order valence-corrected chi connectivity index (χ2v) is 15.9. The molecule has 3 aliphatic heterocycles. The zero-order valence-electron chi connectivity index (χ0n) is 26.0. The van der Waals surface area contributed by atoms with E-state index in [1.165, 1.54) is 69.8 Å². The first-order valence-corrected chi connectivity index (χ1v) is 18.8. The molecular weight excluding hydrogens is 557 g/mol. The van der Waals surface area contributed by atoms with Gasteiger partial charge in [0, 0.05) is 33.7 Å². The van der Waals surface area contributed by atoms with Crippen LogP contribution in [-0.4, -0.2) is 45.7 Å². The van der Waals surface area contributed by atoms with Crippen LogP contribution in [0.1, 0.15) is 77.0 Å². The standard InChI is InChI=1S/C39H48N4S/c1-3-11-25(12-4-1)37-40-38(26-13-5-2-6-14-26)42-39(41-37)27-19-21-28(22-20-27)43-33-17-9-7-15-29(33)31-23-24-32-30-16-8-10-18-34(30)44-36(32)35(31)43/h3,5,8-13,16-18,23,26-28,30,32,34-36,38-39,42H,1-2,4,6-7,14-15,19-22,24H2,(H,40,41). The Labute approximate surface area is 268 Å². The number of aliphatic imine (C=N–C) groups is 1. The maximum absolute atomic E-state index is 5.40. The molecule has 0 bridgehead atoms. The van der Waals surface area contributed by atoms with Crippen molar-refractivity contribution < 1.29 is 0 Å². The van der Waals surface area contributed by atoms with Crippen LogP contribution in [0.5, 0.6) is 0 Å². The second kappa shape index (κ2) is 11.7. The van der Waals surface area contributed by atoms with Crippen molar-refractivity contribution in [3.8, 4) is 0 Å². The van der Waals surface area contributed by atoms with E-state index in [-0.39, 0.29) is 12.3 Å². The Kier molecular flexibility index (Phi) is 7.39. The number of hydrogen-bond acceptors (Lipinski definition) is 5. The van der Waals surface area contributed by atoms with Crippen LogP contribution in [0.2, 0.25) is 0 Å². The highest BCUT2D eigenvalue weighted by atomic mass is 32.2. The van der Waals surface area contributed by atoms with Crippen LogP contribution in [0.25, 0.3) is 0 Å². The Balaban J connectivity index is 0.961. The molecule has 8 atom stereocenters. The van der Waals surface area contributed by atoms with Gasteiger partial charge < -0.3 is 10.2 Å². The minimum absolute atomic E-state index is 0.202. The van der Waals surface area contributed by atoms with Gasteiger partial charge in [0.2, 0.25) is 0 Å². The molecule has 3 heterocycles. The Morgan fingerprint density at radius 1 is 0.864 bits per heavy atom. The molecule has 0 spiro atoms. The summed E-state index contributed by atoms with van der Waals surface area (Å²) in [5, 5.41) is 9.25. The predicted octanol–water partition coefficient (Wildman–Crippen LogP) is 7.88. The van der Waals surface area contributed by atoms with Gasteiger partial charge in [0.15, 0.2) is 0 Å². The summed E-state index contributed by atoms with van der Waals surface area (Å²) in [4.78, 5) is 8.38. The number of rotatable bonds is 4. The third-order valence-electron chi connectivity index (χ3n) is 12.1. The van der Waals surface area contributed by atoms with Crippen LogP contribution >= 0.6 is 11.8 Å². The van der Waals surface area contributed by atoms with Crippen molar-refractivity contribution in [2.75, 3.05) is 0 Å². The van der Waals surface area contributed by atoms with E-state index < -0.39 is 0 Å². The van der Waals surface area contributed by atoms with Crippen molar-refractivity contribution >= 4 is 17.6 Å². The molecule has 0 aromatic carbocycles. The highest BCUT2D eigenvalue weighted by Gasteiger charge is 2.54. The number of nitrogens with one attached hydrogen (secondary N) is 2. The fourth-order valence-corrected chi connectivity index (χ4v) is 11.9. The minimum Gasteiger partial charge on any atom is -0.360 e. The van der Waals surface area contributed by atoms with Gasteiger partial charge in [-0.2, -0.15) is 0 Å². The van der Waals surface area contributed by atoms with E-state index in [1.54, 1.807) is 16.8 Å². The van der Waals surface area contributed by atoms with E-state index in [0.717, 1.165) is 24.6 Å². The highest BCUT2D eigenvalue weighted by Crippen LogP contribution is 2.57. The van der Waals surface area contributed by atoms with Gasteiger partial charge in [-0.25, -0.2) is 4.99 Å². The van der Waals surface area contributed by atoms with Crippen molar-refractivity contribution in [1.82, 2.24) is 15.5 Å². The van der Waals surface area contributed by atoms with Crippen molar-refractivity contribution in [3.63, 3.8) is 0 Å². The van der Waals surface area contributed by atoms with Crippen LogP contribution < -0.4 is 10.6 Å². The lowest BCUT2D eigenvalue weighted by Gasteiger charge is -2.46. The molecule has 6 aliphatic carbocycles. The number of allylic oxidation sites excluding steroid dienone is 9. The van der Waals surface area contributed by atoms with E-state index in [9.17, 15) is 0 Å². The predicted molar refractivity (Wildman–Crippen MR) is 184 cm³/mol. The molecule has 2 fully saturated rings. The molecular formula is C39H48N4S. The fraction of sp³-hybridized carbons (Fsp3) is 0.564. The van der Waals surface area contributed by atoms with E-state index in [0.29, 0.717) is 40.3 Å². The molecule has 0 aromatic rings. The van der Waals surface area contributed by atoms with Crippen LogP contribution in [0.3, 0.4) is 0 Å². The summed E-state index contributed by atoms with van der Waals surface area (Å²) in [5.74, 6) is 3.74. The van der Waals surface area contributed by atoms with Gasteiger partial charge in [0.1, 0.15) is 12.0 Å². The maximum Gasteiger partial charge on any atom is 0.130 e. The molecule has 44 heavy (non-hydrogen) atoms. The quantitative estimate of drug-likeness (QED) is 0.320. The summed E-state index contributed by atoms with van der Waals surface area (Å²) >= 11 is 2.30. The summed E-state index contributed by atoms with van der Waals surface area (Å²) in [5.41, 5.74) is 6.27. The number of nitrogens with zero attached hydrogens (tertiary/aromatic N) is 2. The van der Waals surface area contributed by atoms with Crippen molar-refractivity contribution in [3.05, 3.63) is 95.3 Å². The Morgan fingerprint density at radius 3 is 2.64 bits per heavy atom. The van der Waals surface area contributed by atoms with Gasteiger partial charge in [-0.15, -0.1) is 11.8 Å². The zero-order valence-corrected chi connectivity index (χ0v) is 26.8. The summed E-state index contributed by atoms with van der Waals surface area (Å²) in [7, 11) is 0. The lowest BCUT2D eigenvalue weighted by Crippen LogP contribution is -2.59. The number of thioether (sulfide) groups is 1. The Morgan fingerprint density at radius 2 is 1.77 bits per heavy atom. The summed E-state index contributed by atoms with van der Waals surface area (Å²) in [6.45, 7) is 0. The first-order chi connectivity index (χ1) is 21.8. The number of hydrogen-bond donors (Lipinski definition) is 2. The lowest BCUT2D eigenvalue weighted by atomic mass is 9.74.